The first-order valence-corrected chi connectivity index (χ1v) is 7.26. The number of carbonyl (C=O) groups is 1. The lowest BCUT2D eigenvalue weighted by molar-refractivity contribution is 0.0129. The summed E-state index contributed by atoms with van der Waals surface area (Å²) < 4.78 is 27.6. The molecule has 0 radical (unpaired) electrons. The molecule has 1 rings (SSSR count). The minimum absolute atomic E-state index is 0.0364. The molecule has 0 aromatic rings. The zero-order valence-electron chi connectivity index (χ0n) is 10.0. The number of ether oxygens (including phenoxy) is 1. The molecule has 1 heterocycles. The zero-order valence-corrected chi connectivity index (χ0v) is 10.8. The smallest absolute Gasteiger partial charge is 0.410 e. The van der Waals surface area contributed by atoms with Crippen molar-refractivity contribution >= 4 is 15.9 Å². The first kappa shape index (κ1) is 13.3. The van der Waals surface area contributed by atoms with Gasteiger partial charge in [0.15, 0.2) is 9.84 Å². The molecule has 0 saturated carbocycles. The van der Waals surface area contributed by atoms with Gasteiger partial charge >= 0.3 is 6.09 Å². The average Bonchev–Trinajstić information content (AvgIpc) is 2.16. The largest absolute Gasteiger partial charge is 0.443 e. The summed E-state index contributed by atoms with van der Waals surface area (Å²) in [5, 5.41) is 0. The molecule has 0 aromatic heterocycles. The lowest BCUT2D eigenvalue weighted by Crippen LogP contribution is -2.46. The van der Waals surface area contributed by atoms with Gasteiger partial charge in [-0.2, -0.15) is 0 Å². The maximum atomic E-state index is 11.7. The van der Waals surface area contributed by atoms with Crippen LogP contribution in [0.5, 0.6) is 0 Å². The molecule has 1 saturated heterocycles. The fourth-order valence-electron chi connectivity index (χ4n) is 1.27. The summed E-state index contributed by atoms with van der Waals surface area (Å²) in [6.45, 7) is 6.09. The fraction of sp³-hybridized carbons (Fsp3) is 0.900. The van der Waals surface area contributed by atoms with E-state index in [1.54, 1.807) is 0 Å². The molecule has 16 heavy (non-hydrogen) atoms. The Morgan fingerprint density at radius 2 is 1.81 bits per heavy atom. The summed E-state index contributed by atoms with van der Waals surface area (Å²) in [7, 11) is -2.95. The van der Waals surface area contributed by atoms with Crippen LogP contribution >= 0.6 is 0 Å². The Labute approximate surface area is 96.7 Å². The monoisotopic (exact) mass is 249 g/mol. The van der Waals surface area contributed by atoms with Crippen molar-refractivity contribution in [2.45, 2.75) is 32.8 Å². The molecule has 94 valence electrons. The van der Waals surface area contributed by atoms with E-state index in [0.717, 1.165) is 6.42 Å². The van der Waals surface area contributed by atoms with E-state index in [0.29, 0.717) is 0 Å². The highest BCUT2D eigenvalue weighted by molar-refractivity contribution is 7.91. The molecule has 0 aliphatic carbocycles. The van der Waals surface area contributed by atoms with Crippen LogP contribution in [-0.4, -0.2) is 49.6 Å². The maximum Gasteiger partial charge on any atom is 0.410 e. The van der Waals surface area contributed by atoms with Gasteiger partial charge in [-0.05, 0) is 20.3 Å². The van der Waals surface area contributed by atoms with Crippen LogP contribution in [0.15, 0.2) is 0 Å². The van der Waals surface area contributed by atoms with E-state index in [9.17, 15) is 13.2 Å². The standard InChI is InChI=1S/C10H19NO4S/c1-4-10(2,3)15-9(12)11-5-7-16(13,14)8-6-11/h4-8H2,1-3H3. The molecule has 0 bridgehead atoms. The Morgan fingerprint density at radius 3 is 2.25 bits per heavy atom. The van der Waals surface area contributed by atoms with Crippen molar-refractivity contribution in [3.63, 3.8) is 0 Å². The van der Waals surface area contributed by atoms with Gasteiger partial charge in [0.05, 0.1) is 11.5 Å². The van der Waals surface area contributed by atoms with Crippen molar-refractivity contribution in [2.24, 2.45) is 0 Å². The second-order valence-corrected chi connectivity index (χ2v) is 6.92. The highest BCUT2D eigenvalue weighted by Gasteiger charge is 2.29. The van der Waals surface area contributed by atoms with Crippen LogP contribution in [0.2, 0.25) is 0 Å². The van der Waals surface area contributed by atoms with Gasteiger partial charge in [-0.3, -0.25) is 0 Å². The molecule has 0 aromatic carbocycles. The third-order valence-corrected chi connectivity index (χ3v) is 4.43. The average molecular weight is 249 g/mol. The van der Waals surface area contributed by atoms with E-state index in [1.165, 1.54) is 4.90 Å². The molecule has 1 aliphatic heterocycles. The zero-order chi connectivity index (χ0) is 12.4. The van der Waals surface area contributed by atoms with Crippen LogP contribution in [0.3, 0.4) is 0 Å². The Hall–Kier alpha value is -0.780. The van der Waals surface area contributed by atoms with Gasteiger partial charge in [0.1, 0.15) is 5.60 Å². The lowest BCUT2D eigenvalue weighted by atomic mass is 10.1. The van der Waals surface area contributed by atoms with E-state index < -0.39 is 21.5 Å². The fourth-order valence-corrected chi connectivity index (χ4v) is 2.47. The van der Waals surface area contributed by atoms with Crippen molar-refractivity contribution in [3.05, 3.63) is 0 Å². The molecule has 6 heteroatoms. The van der Waals surface area contributed by atoms with Crippen molar-refractivity contribution in [3.8, 4) is 0 Å². The van der Waals surface area contributed by atoms with Crippen molar-refractivity contribution in [1.29, 1.82) is 0 Å². The van der Waals surface area contributed by atoms with E-state index in [1.807, 2.05) is 20.8 Å². The third-order valence-electron chi connectivity index (χ3n) is 2.82. The summed E-state index contributed by atoms with van der Waals surface area (Å²) in [6, 6.07) is 0. The van der Waals surface area contributed by atoms with E-state index >= 15 is 0 Å². The van der Waals surface area contributed by atoms with E-state index in [-0.39, 0.29) is 24.6 Å². The molecule has 0 N–H and O–H groups in total. The second kappa shape index (κ2) is 4.61. The Bertz CT molecular complexity index is 347. The van der Waals surface area contributed by atoms with Crippen LogP contribution in [0.25, 0.3) is 0 Å². The van der Waals surface area contributed by atoms with Crippen LogP contribution in [0.1, 0.15) is 27.2 Å². The third kappa shape index (κ3) is 3.66. The summed E-state index contributed by atoms with van der Waals surface area (Å²) in [5.74, 6) is 0.0727. The minimum Gasteiger partial charge on any atom is -0.443 e. The SMILES string of the molecule is CCC(C)(C)OC(=O)N1CCS(=O)(=O)CC1. The highest BCUT2D eigenvalue weighted by Crippen LogP contribution is 2.16. The van der Waals surface area contributed by atoms with Gasteiger partial charge < -0.3 is 9.64 Å². The van der Waals surface area contributed by atoms with Gasteiger partial charge in [-0.25, -0.2) is 13.2 Å². The molecular formula is C10H19NO4S. The first-order valence-electron chi connectivity index (χ1n) is 5.44. The van der Waals surface area contributed by atoms with Crippen LogP contribution in [0, 0.1) is 0 Å². The maximum absolute atomic E-state index is 11.7. The lowest BCUT2D eigenvalue weighted by Gasteiger charge is -2.31. The predicted molar refractivity (Wildman–Crippen MR) is 61.1 cm³/mol. The molecule has 0 unspecified atom stereocenters. The summed E-state index contributed by atoms with van der Waals surface area (Å²) in [4.78, 5) is 13.1. The number of rotatable bonds is 2. The normalized spacial score (nSPS) is 20.6. The summed E-state index contributed by atoms with van der Waals surface area (Å²) >= 11 is 0. The van der Waals surface area contributed by atoms with Crippen LogP contribution < -0.4 is 0 Å². The summed E-state index contributed by atoms with van der Waals surface area (Å²) in [5.41, 5.74) is -0.493. The minimum atomic E-state index is -2.95. The predicted octanol–water partition coefficient (Wildman–Crippen LogP) is 1.04. The van der Waals surface area contributed by atoms with Crippen LogP contribution in [0.4, 0.5) is 4.79 Å². The number of hydrogen-bond donors (Lipinski definition) is 0. The highest BCUT2D eigenvalue weighted by atomic mass is 32.2. The first-order chi connectivity index (χ1) is 7.26. The molecule has 0 atom stereocenters. The second-order valence-electron chi connectivity index (χ2n) is 4.62. The molecule has 1 amide bonds. The van der Waals surface area contributed by atoms with Gasteiger partial charge in [0.2, 0.25) is 0 Å². The molecule has 5 nitrogen and oxygen atoms in total. The molecule has 0 spiro atoms. The quantitative estimate of drug-likeness (QED) is 0.733. The number of carbonyl (C=O) groups excluding carboxylic acids is 1. The van der Waals surface area contributed by atoms with Crippen molar-refractivity contribution < 1.29 is 17.9 Å². The van der Waals surface area contributed by atoms with Crippen molar-refractivity contribution in [1.82, 2.24) is 4.90 Å². The van der Waals surface area contributed by atoms with Gasteiger partial charge in [0.25, 0.3) is 0 Å². The number of amides is 1. The Morgan fingerprint density at radius 1 is 1.31 bits per heavy atom. The number of sulfone groups is 1. The number of hydrogen-bond acceptors (Lipinski definition) is 4. The Kier molecular flexibility index (Phi) is 3.83. The molecule has 1 aliphatic rings. The molecule has 1 fully saturated rings. The van der Waals surface area contributed by atoms with Gasteiger partial charge in [-0.1, -0.05) is 6.92 Å². The van der Waals surface area contributed by atoms with E-state index in [2.05, 4.69) is 0 Å². The van der Waals surface area contributed by atoms with Gasteiger partial charge in [0, 0.05) is 13.1 Å². The summed E-state index contributed by atoms with van der Waals surface area (Å²) in [6.07, 6.45) is 0.312. The number of nitrogens with zero attached hydrogens (tertiary/aromatic N) is 1. The van der Waals surface area contributed by atoms with E-state index in [4.69, 9.17) is 4.74 Å². The molecular weight excluding hydrogens is 230 g/mol. The van der Waals surface area contributed by atoms with Crippen LogP contribution in [-0.2, 0) is 14.6 Å². The van der Waals surface area contributed by atoms with Crippen molar-refractivity contribution in [2.75, 3.05) is 24.6 Å². The topological polar surface area (TPSA) is 63.7 Å². The Balaban J connectivity index is 2.52. The van der Waals surface area contributed by atoms with Gasteiger partial charge in [-0.15, -0.1) is 0 Å².